The minimum Gasteiger partial charge on any atom is -0.497 e. The van der Waals surface area contributed by atoms with Crippen LogP contribution in [0.25, 0.3) is 0 Å². The molecular weight excluding hydrogens is 358 g/mol. The lowest BCUT2D eigenvalue weighted by molar-refractivity contribution is -0.129. The highest BCUT2D eigenvalue weighted by atomic mass is 32.1. The molecular formula is C21H31N3O2S. The fourth-order valence-corrected chi connectivity index (χ4v) is 4.54. The maximum Gasteiger partial charge on any atom is 0.225 e. The lowest BCUT2D eigenvalue weighted by atomic mass is 9.81. The predicted molar refractivity (Wildman–Crippen MR) is 113 cm³/mol. The minimum absolute atomic E-state index is 0.135. The van der Waals surface area contributed by atoms with E-state index in [9.17, 15) is 4.79 Å². The van der Waals surface area contributed by atoms with Crippen molar-refractivity contribution in [2.24, 2.45) is 5.41 Å². The van der Waals surface area contributed by atoms with Gasteiger partial charge in [-0.25, -0.2) is 0 Å². The third-order valence-electron chi connectivity index (χ3n) is 5.55. The van der Waals surface area contributed by atoms with Crippen LogP contribution in [0.1, 0.15) is 52.9 Å². The molecule has 0 spiro atoms. The molecule has 2 N–H and O–H groups in total. The average molecular weight is 390 g/mol. The number of anilines is 1. The number of hydrogen-bond acceptors (Lipinski definition) is 3. The number of nitrogens with zero attached hydrogens (tertiary/aromatic N) is 1. The van der Waals surface area contributed by atoms with Crippen LogP contribution in [0.4, 0.5) is 5.69 Å². The summed E-state index contributed by atoms with van der Waals surface area (Å²) >= 11 is 5.76. The highest BCUT2D eigenvalue weighted by molar-refractivity contribution is 7.80. The molecule has 2 saturated heterocycles. The number of carbonyl (C=O) groups is 1. The SMILES string of the molecule is COc1cccc(NC(=S)N2[C@H]3CCC[C@H]2CC(NC(=O)C(C)(C)C)C3)c1. The Balaban J connectivity index is 1.66. The molecule has 148 valence electrons. The Morgan fingerprint density at radius 2 is 1.89 bits per heavy atom. The first kappa shape index (κ1) is 19.9. The number of ether oxygens (including phenoxy) is 1. The summed E-state index contributed by atoms with van der Waals surface area (Å²) in [5.74, 6) is 0.947. The molecule has 0 aromatic heterocycles. The van der Waals surface area contributed by atoms with Gasteiger partial charge in [-0.1, -0.05) is 26.8 Å². The van der Waals surface area contributed by atoms with Crippen molar-refractivity contribution in [1.29, 1.82) is 0 Å². The van der Waals surface area contributed by atoms with Gasteiger partial charge in [0.15, 0.2) is 5.11 Å². The standard InChI is InChI=1S/C21H31N3O2S/c1-21(2,3)19(25)22-15-11-16-8-6-9-17(12-15)24(16)20(27)23-14-7-5-10-18(13-14)26-4/h5,7,10,13,15-17H,6,8-9,11-12H2,1-4H3,(H,22,25)(H,23,27)/t16-,17-/m0/s1. The number of benzene rings is 1. The number of rotatable bonds is 3. The highest BCUT2D eigenvalue weighted by Crippen LogP contribution is 2.35. The number of carbonyl (C=O) groups excluding carboxylic acids is 1. The Labute approximate surface area is 167 Å². The summed E-state index contributed by atoms with van der Waals surface area (Å²) in [5.41, 5.74) is 0.593. The highest BCUT2D eigenvalue weighted by Gasteiger charge is 2.40. The second kappa shape index (κ2) is 8.05. The van der Waals surface area contributed by atoms with Gasteiger partial charge in [-0.15, -0.1) is 0 Å². The molecule has 2 fully saturated rings. The van der Waals surface area contributed by atoms with Crippen LogP contribution in [0.5, 0.6) is 5.75 Å². The van der Waals surface area contributed by atoms with Gasteiger partial charge in [0.25, 0.3) is 0 Å². The fourth-order valence-electron chi connectivity index (χ4n) is 4.12. The Morgan fingerprint density at radius 1 is 1.22 bits per heavy atom. The van der Waals surface area contributed by atoms with Crippen molar-refractivity contribution < 1.29 is 9.53 Å². The Bertz CT molecular complexity index is 687. The third-order valence-corrected chi connectivity index (χ3v) is 5.86. The van der Waals surface area contributed by atoms with Crippen molar-refractivity contribution in [2.75, 3.05) is 12.4 Å². The van der Waals surface area contributed by atoms with E-state index in [1.54, 1.807) is 7.11 Å². The Hall–Kier alpha value is -1.82. The van der Waals surface area contributed by atoms with Gasteiger partial charge >= 0.3 is 0 Å². The zero-order valence-electron chi connectivity index (χ0n) is 16.7. The van der Waals surface area contributed by atoms with E-state index in [1.165, 1.54) is 6.42 Å². The number of nitrogens with one attached hydrogen (secondary N) is 2. The second-order valence-corrected chi connectivity index (χ2v) is 9.09. The number of fused-ring (bicyclic) bond motifs is 2. The topological polar surface area (TPSA) is 53.6 Å². The summed E-state index contributed by atoms with van der Waals surface area (Å²) < 4.78 is 5.30. The third kappa shape index (κ3) is 4.72. The fraction of sp³-hybridized carbons (Fsp3) is 0.619. The van der Waals surface area contributed by atoms with Crippen molar-refractivity contribution in [3.05, 3.63) is 24.3 Å². The van der Waals surface area contributed by atoms with Crippen LogP contribution in [-0.4, -0.2) is 41.2 Å². The van der Waals surface area contributed by atoms with Gasteiger partial charge in [0.1, 0.15) is 5.75 Å². The van der Waals surface area contributed by atoms with Crippen LogP contribution in [0.3, 0.4) is 0 Å². The molecule has 5 nitrogen and oxygen atoms in total. The zero-order valence-corrected chi connectivity index (χ0v) is 17.6. The molecule has 1 aromatic carbocycles. The van der Waals surface area contributed by atoms with Crippen LogP contribution in [-0.2, 0) is 4.79 Å². The maximum atomic E-state index is 12.4. The molecule has 1 amide bonds. The lowest BCUT2D eigenvalue weighted by Crippen LogP contribution is -2.60. The molecule has 2 bridgehead atoms. The molecule has 6 heteroatoms. The van der Waals surface area contributed by atoms with Gasteiger partial charge < -0.3 is 20.3 Å². The first-order valence-corrected chi connectivity index (χ1v) is 10.2. The minimum atomic E-state index is -0.352. The quantitative estimate of drug-likeness (QED) is 0.767. The molecule has 2 aliphatic heterocycles. The normalized spacial score (nSPS) is 24.9. The van der Waals surface area contributed by atoms with Gasteiger partial charge in [0, 0.05) is 35.3 Å². The van der Waals surface area contributed by atoms with Crippen molar-refractivity contribution in [1.82, 2.24) is 10.2 Å². The Kier molecular flexibility index (Phi) is 5.94. The molecule has 0 saturated carbocycles. The van der Waals surface area contributed by atoms with Crippen LogP contribution in [0.2, 0.25) is 0 Å². The second-order valence-electron chi connectivity index (χ2n) is 8.70. The first-order valence-electron chi connectivity index (χ1n) is 9.82. The van der Waals surface area contributed by atoms with Crippen molar-refractivity contribution in [3.63, 3.8) is 0 Å². The zero-order chi connectivity index (χ0) is 19.6. The summed E-state index contributed by atoms with van der Waals surface area (Å²) in [4.78, 5) is 14.8. The smallest absolute Gasteiger partial charge is 0.225 e. The van der Waals surface area contributed by atoms with E-state index in [-0.39, 0.29) is 17.4 Å². The van der Waals surface area contributed by atoms with Crippen LogP contribution >= 0.6 is 12.2 Å². The Morgan fingerprint density at radius 3 is 2.48 bits per heavy atom. The maximum absolute atomic E-state index is 12.4. The van der Waals surface area contributed by atoms with E-state index >= 15 is 0 Å². The predicted octanol–water partition coefficient (Wildman–Crippen LogP) is 3.94. The number of piperidine rings is 2. The van der Waals surface area contributed by atoms with E-state index in [0.717, 1.165) is 42.2 Å². The summed E-state index contributed by atoms with van der Waals surface area (Å²) in [5, 5.41) is 7.43. The number of thiocarbonyl (C=S) groups is 1. The van der Waals surface area contributed by atoms with Crippen LogP contribution < -0.4 is 15.4 Å². The van der Waals surface area contributed by atoms with E-state index in [0.29, 0.717) is 12.1 Å². The van der Waals surface area contributed by atoms with Gasteiger partial charge in [-0.3, -0.25) is 4.79 Å². The molecule has 2 heterocycles. The number of amides is 1. The van der Waals surface area contributed by atoms with Gasteiger partial charge in [-0.2, -0.15) is 0 Å². The van der Waals surface area contributed by atoms with Crippen molar-refractivity contribution >= 4 is 28.9 Å². The summed E-state index contributed by atoms with van der Waals surface area (Å²) in [6.45, 7) is 5.89. The summed E-state index contributed by atoms with van der Waals surface area (Å²) in [7, 11) is 1.67. The lowest BCUT2D eigenvalue weighted by Gasteiger charge is -2.50. The molecule has 2 aliphatic rings. The van der Waals surface area contributed by atoms with Crippen molar-refractivity contribution in [3.8, 4) is 5.75 Å². The molecule has 0 unspecified atom stereocenters. The van der Waals surface area contributed by atoms with Gasteiger partial charge in [-0.05, 0) is 56.5 Å². The largest absolute Gasteiger partial charge is 0.497 e. The molecule has 1 aromatic rings. The van der Waals surface area contributed by atoms with Gasteiger partial charge in [0.2, 0.25) is 5.91 Å². The van der Waals surface area contributed by atoms with Crippen LogP contribution in [0.15, 0.2) is 24.3 Å². The van der Waals surface area contributed by atoms with E-state index in [1.807, 2.05) is 45.0 Å². The molecule has 3 rings (SSSR count). The van der Waals surface area contributed by atoms with E-state index in [4.69, 9.17) is 17.0 Å². The number of methoxy groups -OCH3 is 1. The van der Waals surface area contributed by atoms with E-state index in [2.05, 4.69) is 15.5 Å². The summed E-state index contributed by atoms with van der Waals surface area (Å²) in [6, 6.07) is 8.84. The van der Waals surface area contributed by atoms with Crippen molar-refractivity contribution in [2.45, 2.75) is 71.0 Å². The monoisotopic (exact) mass is 389 g/mol. The molecule has 27 heavy (non-hydrogen) atoms. The molecule has 0 radical (unpaired) electrons. The average Bonchev–Trinajstić information content (AvgIpc) is 2.60. The van der Waals surface area contributed by atoms with Gasteiger partial charge in [0.05, 0.1) is 7.11 Å². The molecule has 0 aliphatic carbocycles. The van der Waals surface area contributed by atoms with E-state index < -0.39 is 0 Å². The first-order chi connectivity index (χ1) is 12.8. The number of hydrogen-bond donors (Lipinski definition) is 2. The summed E-state index contributed by atoms with van der Waals surface area (Å²) in [6.07, 6.45) is 5.39. The van der Waals surface area contributed by atoms with Crippen LogP contribution in [0, 0.1) is 5.41 Å². The molecule has 2 atom stereocenters.